The fourth-order valence-corrected chi connectivity index (χ4v) is 2.94. The molecule has 0 radical (unpaired) electrons. The maximum absolute atomic E-state index is 13.3. The third kappa shape index (κ3) is 1.99. The lowest BCUT2D eigenvalue weighted by atomic mass is 9.82. The van der Waals surface area contributed by atoms with E-state index in [0.717, 1.165) is 25.9 Å². The van der Waals surface area contributed by atoms with Gasteiger partial charge < -0.3 is 14.7 Å². The first-order chi connectivity index (χ1) is 8.58. The van der Waals surface area contributed by atoms with Gasteiger partial charge in [-0.05, 0) is 32.0 Å². The average Bonchev–Trinajstić information content (AvgIpc) is 2.33. The summed E-state index contributed by atoms with van der Waals surface area (Å²) in [4.78, 5) is 2.25. The van der Waals surface area contributed by atoms with Gasteiger partial charge in [-0.3, -0.25) is 0 Å². The highest BCUT2D eigenvalue weighted by Gasteiger charge is 2.42. The molecule has 1 spiro atoms. The Morgan fingerprint density at radius 1 is 1.39 bits per heavy atom. The van der Waals surface area contributed by atoms with Gasteiger partial charge >= 0.3 is 0 Å². The zero-order chi connectivity index (χ0) is 12.8. The summed E-state index contributed by atoms with van der Waals surface area (Å²) in [6.07, 6.45) is 1.84. The fourth-order valence-electron chi connectivity index (χ4n) is 2.94. The lowest BCUT2D eigenvalue weighted by molar-refractivity contribution is -0.0505. The molecule has 1 saturated heterocycles. The molecule has 1 aromatic carbocycles. The van der Waals surface area contributed by atoms with Crippen molar-refractivity contribution in [2.24, 2.45) is 0 Å². The summed E-state index contributed by atoms with van der Waals surface area (Å²) in [7, 11) is 2.08. The number of rotatable bonds is 0. The lowest BCUT2D eigenvalue weighted by Gasteiger charge is -2.45. The Bertz CT molecular complexity index is 455. The van der Waals surface area contributed by atoms with Crippen molar-refractivity contribution in [2.75, 3.05) is 20.1 Å². The fraction of sp³-hybridized carbons (Fsp3) is 0.571. The molecule has 0 saturated carbocycles. The number of piperidine rings is 1. The number of benzene rings is 1. The standard InChI is InChI=1S/C14H18FNO2/c1-16-6-4-14(5-7-16)9-12(17)11-3-2-10(15)8-13(11)18-14/h2-3,8,12,17H,4-7,9H2,1H3. The van der Waals surface area contributed by atoms with E-state index in [1.165, 1.54) is 12.1 Å². The first-order valence-electron chi connectivity index (χ1n) is 6.43. The van der Waals surface area contributed by atoms with Crippen LogP contribution in [0.2, 0.25) is 0 Å². The molecule has 0 aromatic heterocycles. The number of nitrogens with zero attached hydrogens (tertiary/aromatic N) is 1. The minimum absolute atomic E-state index is 0.313. The number of ether oxygens (including phenoxy) is 1. The number of aliphatic hydroxyl groups excluding tert-OH is 1. The van der Waals surface area contributed by atoms with Gasteiger partial charge in [0, 0.05) is 31.1 Å². The van der Waals surface area contributed by atoms with Gasteiger partial charge in [0.25, 0.3) is 0 Å². The summed E-state index contributed by atoms with van der Waals surface area (Å²) in [5.41, 5.74) is 0.396. The molecular formula is C14H18FNO2. The molecule has 1 aromatic rings. The van der Waals surface area contributed by atoms with Crippen LogP contribution in [0.5, 0.6) is 5.75 Å². The van der Waals surface area contributed by atoms with E-state index in [9.17, 15) is 9.50 Å². The van der Waals surface area contributed by atoms with E-state index in [1.807, 2.05) is 0 Å². The highest BCUT2D eigenvalue weighted by atomic mass is 19.1. The summed E-state index contributed by atoms with van der Waals surface area (Å²) >= 11 is 0. The molecule has 2 aliphatic rings. The normalized spacial score (nSPS) is 26.7. The SMILES string of the molecule is CN1CCC2(CC1)CC(O)c1ccc(F)cc1O2. The minimum atomic E-state index is -0.544. The Labute approximate surface area is 106 Å². The molecule has 1 atom stereocenters. The molecule has 2 aliphatic heterocycles. The molecule has 0 aliphatic carbocycles. The summed E-state index contributed by atoms with van der Waals surface area (Å²) in [6.45, 7) is 1.91. The van der Waals surface area contributed by atoms with E-state index in [0.29, 0.717) is 17.7 Å². The second-order valence-corrected chi connectivity index (χ2v) is 5.49. The van der Waals surface area contributed by atoms with Gasteiger partial charge in [0.15, 0.2) is 0 Å². The van der Waals surface area contributed by atoms with Gasteiger partial charge in [0.2, 0.25) is 0 Å². The summed E-state index contributed by atoms with van der Waals surface area (Å²) in [5, 5.41) is 10.2. The number of hydrogen-bond donors (Lipinski definition) is 1. The monoisotopic (exact) mass is 251 g/mol. The van der Waals surface area contributed by atoms with Crippen molar-refractivity contribution in [3.8, 4) is 5.75 Å². The second-order valence-electron chi connectivity index (χ2n) is 5.49. The molecule has 3 nitrogen and oxygen atoms in total. The molecule has 18 heavy (non-hydrogen) atoms. The van der Waals surface area contributed by atoms with Crippen molar-refractivity contribution in [1.29, 1.82) is 0 Å². The third-order valence-corrected chi connectivity index (χ3v) is 4.12. The Balaban J connectivity index is 1.90. The topological polar surface area (TPSA) is 32.7 Å². The van der Waals surface area contributed by atoms with Crippen molar-refractivity contribution in [3.05, 3.63) is 29.6 Å². The molecule has 98 valence electrons. The van der Waals surface area contributed by atoms with E-state index in [1.54, 1.807) is 6.07 Å². The van der Waals surface area contributed by atoms with Crippen LogP contribution in [0.25, 0.3) is 0 Å². The van der Waals surface area contributed by atoms with Crippen LogP contribution in [0.1, 0.15) is 30.9 Å². The summed E-state index contributed by atoms with van der Waals surface area (Å²) < 4.78 is 19.3. The molecule has 1 fully saturated rings. The van der Waals surface area contributed by atoms with Gasteiger partial charge in [0.05, 0.1) is 6.10 Å². The summed E-state index contributed by atoms with van der Waals surface area (Å²) in [6, 6.07) is 4.38. The van der Waals surface area contributed by atoms with Crippen molar-refractivity contribution in [1.82, 2.24) is 4.90 Å². The van der Waals surface area contributed by atoms with Crippen LogP contribution < -0.4 is 4.74 Å². The molecule has 0 amide bonds. The second kappa shape index (κ2) is 4.21. The predicted molar refractivity (Wildman–Crippen MR) is 66.1 cm³/mol. The van der Waals surface area contributed by atoms with Crippen LogP contribution in [0.4, 0.5) is 4.39 Å². The van der Waals surface area contributed by atoms with Crippen LogP contribution in [-0.4, -0.2) is 35.7 Å². The van der Waals surface area contributed by atoms with Crippen molar-refractivity contribution >= 4 is 0 Å². The van der Waals surface area contributed by atoms with Crippen LogP contribution in [0, 0.1) is 5.82 Å². The van der Waals surface area contributed by atoms with E-state index in [2.05, 4.69) is 11.9 Å². The third-order valence-electron chi connectivity index (χ3n) is 4.12. The highest BCUT2D eigenvalue weighted by molar-refractivity contribution is 5.38. The number of hydrogen-bond acceptors (Lipinski definition) is 3. The number of fused-ring (bicyclic) bond motifs is 1. The molecule has 2 heterocycles. The molecular weight excluding hydrogens is 233 g/mol. The summed E-state index contributed by atoms with van der Waals surface area (Å²) in [5.74, 6) is 0.198. The van der Waals surface area contributed by atoms with Crippen molar-refractivity contribution in [3.63, 3.8) is 0 Å². The van der Waals surface area contributed by atoms with E-state index < -0.39 is 6.10 Å². The first kappa shape index (κ1) is 11.9. The smallest absolute Gasteiger partial charge is 0.128 e. The number of aliphatic hydroxyl groups is 1. The Kier molecular flexibility index (Phi) is 2.79. The Morgan fingerprint density at radius 3 is 2.83 bits per heavy atom. The van der Waals surface area contributed by atoms with E-state index >= 15 is 0 Å². The quantitative estimate of drug-likeness (QED) is 0.766. The average molecular weight is 251 g/mol. The van der Waals surface area contributed by atoms with Crippen LogP contribution in [0.15, 0.2) is 18.2 Å². The van der Waals surface area contributed by atoms with E-state index in [-0.39, 0.29) is 11.4 Å². The largest absolute Gasteiger partial charge is 0.487 e. The zero-order valence-corrected chi connectivity index (χ0v) is 10.5. The van der Waals surface area contributed by atoms with Gasteiger partial charge in [-0.2, -0.15) is 0 Å². The Hall–Kier alpha value is -1.13. The Morgan fingerprint density at radius 2 is 2.11 bits per heavy atom. The maximum atomic E-state index is 13.3. The maximum Gasteiger partial charge on any atom is 0.128 e. The zero-order valence-electron chi connectivity index (χ0n) is 10.5. The number of likely N-dealkylation sites (tertiary alicyclic amines) is 1. The predicted octanol–water partition coefficient (Wildman–Crippen LogP) is 2.11. The molecule has 1 unspecified atom stereocenters. The van der Waals surface area contributed by atoms with Crippen LogP contribution in [0.3, 0.4) is 0 Å². The molecule has 4 heteroatoms. The van der Waals surface area contributed by atoms with Crippen molar-refractivity contribution in [2.45, 2.75) is 31.0 Å². The molecule has 1 N–H and O–H groups in total. The highest BCUT2D eigenvalue weighted by Crippen LogP contribution is 2.44. The van der Waals surface area contributed by atoms with Crippen LogP contribution >= 0.6 is 0 Å². The minimum Gasteiger partial charge on any atom is -0.487 e. The van der Waals surface area contributed by atoms with Gasteiger partial charge in [-0.15, -0.1) is 0 Å². The molecule has 0 bridgehead atoms. The number of halogens is 1. The van der Waals surface area contributed by atoms with E-state index in [4.69, 9.17) is 4.74 Å². The van der Waals surface area contributed by atoms with Gasteiger partial charge in [-0.1, -0.05) is 0 Å². The van der Waals surface area contributed by atoms with Crippen molar-refractivity contribution < 1.29 is 14.2 Å². The molecule has 3 rings (SSSR count). The van der Waals surface area contributed by atoms with Crippen LogP contribution in [-0.2, 0) is 0 Å². The van der Waals surface area contributed by atoms with Gasteiger partial charge in [-0.25, -0.2) is 4.39 Å². The lowest BCUT2D eigenvalue weighted by Crippen LogP contribution is -2.49. The first-order valence-corrected chi connectivity index (χ1v) is 6.43. The van der Waals surface area contributed by atoms with Gasteiger partial charge in [0.1, 0.15) is 17.2 Å².